The molecule has 0 rings (SSSR count). The molecule has 0 aliphatic rings. The third-order valence-corrected chi connectivity index (χ3v) is 10.8. The number of aliphatic hydroxyl groups is 1. The van der Waals surface area contributed by atoms with Gasteiger partial charge in [0.1, 0.15) is 0 Å². The summed E-state index contributed by atoms with van der Waals surface area (Å²) in [7, 11) is -5.24. The van der Waals surface area contributed by atoms with Crippen LogP contribution < -0.4 is 0 Å². The molecular formula is C20H47NO7Si2. The molecule has 0 spiro atoms. The molecule has 10 heteroatoms. The highest BCUT2D eigenvalue weighted by Crippen LogP contribution is 2.20. The SMILES string of the molecule is CCO[Si](CCCN(CCO)CCC[Si](OCC)(OCC)OCC)(OCC)OCC. The van der Waals surface area contributed by atoms with Gasteiger partial charge in [0, 0.05) is 58.3 Å². The zero-order chi connectivity index (χ0) is 22.7. The first-order valence-electron chi connectivity index (χ1n) is 11.7. The third kappa shape index (κ3) is 12.2. The highest BCUT2D eigenvalue weighted by atomic mass is 28.4. The summed E-state index contributed by atoms with van der Waals surface area (Å²) in [4.78, 5) is 2.27. The smallest absolute Gasteiger partial charge is 0.395 e. The van der Waals surface area contributed by atoms with Gasteiger partial charge in [0.25, 0.3) is 0 Å². The maximum absolute atomic E-state index is 9.49. The van der Waals surface area contributed by atoms with Crippen molar-refractivity contribution in [2.24, 2.45) is 0 Å². The molecule has 0 saturated carbocycles. The van der Waals surface area contributed by atoms with Crippen molar-refractivity contribution in [1.29, 1.82) is 0 Å². The number of nitrogens with zero attached hydrogens (tertiary/aromatic N) is 1. The fourth-order valence-corrected chi connectivity index (χ4v) is 8.70. The van der Waals surface area contributed by atoms with Crippen LogP contribution in [0.2, 0.25) is 12.1 Å². The average Bonchev–Trinajstić information content (AvgIpc) is 2.69. The largest absolute Gasteiger partial charge is 0.500 e. The molecule has 0 unspecified atom stereocenters. The zero-order valence-electron chi connectivity index (χ0n) is 20.2. The Morgan fingerprint density at radius 1 is 0.533 bits per heavy atom. The number of hydrogen-bond donors (Lipinski definition) is 1. The Morgan fingerprint density at radius 3 is 1.07 bits per heavy atom. The van der Waals surface area contributed by atoms with E-state index in [1.54, 1.807) is 0 Å². The number of aliphatic hydroxyl groups excluding tert-OH is 1. The maximum atomic E-state index is 9.49. The van der Waals surface area contributed by atoms with E-state index < -0.39 is 17.6 Å². The van der Waals surface area contributed by atoms with Crippen LogP contribution in [0.3, 0.4) is 0 Å². The molecule has 0 aliphatic carbocycles. The summed E-state index contributed by atoms with van der Waals surface area (Å²) in [6, 6.07) is 1.56. The first kappa shape index (κ1) is 30.1. The molecule has 0 amide bonds. The van der Waals surface area contributed by atoms with Gasteiger partial charge in [0.2, 0.25) is 0 Å². The van der Waals surface area contributed by atoms with Gasteiger partial charge < -0.3 is 36.6 Å². The molecule has 0 bridgehead atoms. The van der Waals surface area contributed by atoms with Gasteiger partial charge in [-0.1, -0.05) is 0 Å². The third-order valence-electron chi connectivity index (χ3n) is 4.52. The average molecular weight is 470 g/mol. The second kappa shape index (κ2) is 18.7. The van der Waals surface area contributed by atoms with Crippen molar-refractivity contribution in [3.63, 3.8) is 0 Å². The molecule has 0 aliphatic heterocycles. The maximum Gasteiger partial charge on any atom is 0.500 e. The van der Waals surface area contributed by atoms with Crippen LogP contribution in [0.15, 0.2) is 0 Å². The molecule has 0 aromatic carbocycles. The van der Waals surface area contributed by atoms with E-state index in [2.05, 4.69) is 4.90 Å². The quantitative estimate of drug-likeness (QED) is 0.242. The van der Waals surface area contributed by atoms with Crippen molar-refractivity contribution >= 4 is 17.6 Å². The molecule has 8 nitrogen and oxygen atoms in total. The van der Waals surface area contributed by atoms with E-state index in [0.717, 1.165) is 38.0 Å². The topological polar surface area (TPSA) is 78.9 Å². The van der Waals surface area contributed by atoms with Crippen LogP contribution in [0.1, 0.15) is 54.4 Å². The van der Waals surface area contributed by atoms with Crippen LogP contribution in [0, 0.1) is 0 Å². The molecule has 0 atom stereocenters. The predicted octanol–water partition coefficient (Wildman–Crippen LogP) is 3.16. The lowest BCUT2D eigenvalue weighted by Gasteiger charge is -2.31. The highest BCUT2D eigenvalue weighted by molar-refractivity contribution is 6.61. The Kier molecular flexibility index (Phi) is 18.7. The van der Waals surface area contributed by atoms with Gasteiger partial charge in [0.05, 0.1) is 6.61 Å². The highest BCUT2D eigenvalue weighted by Gasteiger charge is 2.41. The van der Waals surface area contributed by atoms with E-state index in [-0.39, 0.29) is 6.61 Å². The van der Waals surface area contributed by atoms with E-state index in [9.17, 15) is 5.11 Å². The van der Waals surface area contributed by atoms with Gasteiger partial charge in [-0.3, -0.25) is 0 Å². The zero-order valence-corrected chi connectivity index (χ0v) is 22.2. The van der Waals surface area contributed by atoms with Crippen LogP contribution in [-0.4, -0.2) is 93.5 Å². The van der Waals surface area contributed by atoms with Gasteiger partial charge in [-0.25, -0.2) is 0 Å². The molecule has 0 aromatic heterocycles. The van der Waals surface area contributed by atoms with Crippen molar-refractivity contribution in [1.82, 2.24) is 4.90 Å². The fraction of sp³-hybridized carbons (Fsp3) is 1.00. The Labute approximate surface area is 186 Å². The van der Waals surface area contributed by atoms with Crippen molar-refractivity contribution in [3.05, 3.63) is 0 Å². The van der Waals surface area contributed by atoms with Crippen LogP contribution in [0.4, 0.5) is 0 Å². The second-order valence-corrected chi connectivity index (χ2v) is 12.2. The van der Waals surface area contributed by atoms with E-state index in [1.807, 2.05) is 41.5 Å². The Balaban J connectivity index is 4.77. The standard InChI is InChI=1S/C20H47NO7Si2/c1-7-23-29(24-8-2,25-9-3)19-13-15-21(17-18-22)16-14-20-30(26-10-4,27-11-5)28-12-6/h22H,7-20H2,1-6H3. The van der Waals surface area contributed by atoms with Crippen molar-refractivity contribution in [2.45, 2.75) is 66.5 Å². The van der Waals surface area contributed by atoms with Crippen LogP contribution in [0.5, 0.6) is 0 Å². The van der Waals surface area contributed by atoms with Gasteiger partial charge in [-0.15, -0.1) is 0 Å². The lowest BCUT2D eigenvalue weighted by atomic mass is 10.3. The first-order chi connectivity index (χ1) is 14.5. The number of hydrogen-bond acceptors (Lipinski definition) is 8. The molecule has 0 saturated heterocycles. The molecule has 0 heterocycles. The Bertz CT molecular complexity index is 328. The Hall–Kier alpha value is 0.114. The minimum atomic E-state index is -2.62. The molecule has 0 radical (unpaired) electrons. The monoisotopic (exact) mass is 469 g/mol. The van der Waals surface area contributed by atoms with Gasteiger partial charge in [-0.2, -0.15) is 0 Å². The van der Waals surface area contributed by atoms with Crippen molar-refractivity contribution in [3.8, 4) is 0 Å². The lowest BCUT2D eigenvalue weighted by molar-refractivity contribution is 0.0689. The summed E-state index contributed by atoms with van der Waals surface area (Å²) < 4.78 is 35.6. The molecule has 0 aromatic rings. The second-order valence-electron chi connectivity index (χ2n) is 6.74. The lowest BCUT2D eigenvalue weighted by Crippen LogP contribution is -2.47. The van der Waals surface area contributed by atoms with E-state index >= 15 is 0 Å². The van der Waals surface area contributed by atoms with Gasteiger partial charge >= 0.3 is 17.6 Å². The first-order valence-corrected chi connectivity index (χ1v) is 15.5. The Morgan fingerprint density at radius 2 is 0.833 bits per heavy atom. The summed E-state index contributed by atoms with van der Waals surface area (Å²) >= 11 is 0. The van der Waals surface area contributed by atoms with E-state index in [1.165, 1.54) is 0 Å². The fourth-order valence-electron chi connectivity index (χ4n) is 3.52. The van der Waals surface area contributed by atoms with E-state index in [0.29, 0.717) is 46.2 Å². The van der Waals surface area contributed by atoms with Gasteiger partial charge in [0.15, 0.2) is 0 Å². The van der Waals surface area contributed by atoms with Crippen molar-refractivity contribution in [2.75, 3.05) is 65.9 Å². The van der Waals surface area contributed by atoms with Gasteiger partial charge in [-0.05, 0) is 67.5 Å². The molecule has 0 fully saturated rings. The molecule has 182 valence electrons. The summed E-state index contributed by atoms with van der Waals surface area (Å²) in [6.45, 7) is 17.9. The predicted molar refractivity (Wildman–Crippen MR) is 124 cm³/mol. The normalized spacial score (nSPS) is 12.8. The molecular weight excluding hydrogens is 422 g/mol. The van der Waals surface area contributed by atoms with Crippen LogP contribution >= 0.6 is 0 Å². The number of rotatable bonds is 22. The minimum absolute atomic E-state index is 0.135. The molecule has 1 N–H and O–H groups in total. The summed E-state index contributed by atoms with van der Waals surface area (Å²) in [5.74, 6) is 0. The van der Waals surface area contributed by atoms with Crippen molar-refractivity contribution < 1.29 is 31.7 Å². The minimum Gasteiger partial charge on any atom is -0.395 e. The van der Waals surface area contributed by atoms with Crippen LogP contribution in [-0.2, 0) is 26.6 Å². The van der Waals surface area contributed by atoms with E-state index in [4.69, 9.17) is 26.6 Å². The van der Waals surface area contributed by atoms with Crippen LogP contribution in [0.25, 0.3) is 0 Å². The summed E-state index contributed by atoms with van der Waals surface area (Å²) in [5.41, 5.74) is 0. The summed E-state index contributed by atoms with van der Waals surface area (Å²) in [6.07, 6.45) is 1.80. The molecule has 30 heavy (non-hydrogen) atoms. The summed E-state index contributed by atoms with van der Waals surface area (Å²) in [5, 5.41) is 9.49.